The van der Waals surface area contributed by atoms with Gasteiger partial charge in [0.2, 0.25) is 0 Å². The number of fused-ring (bicyclic) bond motifs is 1. The van der Waals surface area contributed by atoms with E-state index in [1.54, 1.807) is 0 Å². The van der Waals surface area contributed by atoms with Crippen LogP contribution in [0, 0.1) is 11.3 Å². The molecule has 2 heteroatoms. The van der Waals surface area contributed by atoms with Crippen molar-refractivity contribution in [1.82, 2.24) is 0 Å². The van der Waals surface area contributed by atoms with Crippen molar-refractivity contribution >= 4 is 5.69 Å². The second-order valence-corrected chi connectivity index (χ2v) is 6.55. The molecule has 0 spiro atoms. The van der Waals surface area contributed by atoms with Crippen molar-refractivity contribution in [2.45, 2.75) is 52.2 Å². The van der Waals surface area contributed by atoms with Gasteiger partial charge in [0.1, 0.15) is 0 Å². The summed E-state index contributed by atoms with van der Waals surface area (Å²) < 4.78 is 5.98. The number of ether oxygens (including phenoxy) is 1. The Labute approximate surface area is 116 Å². The highest BCUT2D eigenvalue weighted by Gasteiger charge is 2.57. The number of aryl methyl sites for hydroxylation is 1. The normalized spacial score (nSPS) is 32.3. The summed E-state index contributed by atoms with van der Waals surface area (Å²) in [6, 6.07) is 9.24. The Bertz CT molecular complexity index is 454. The summed E-state index contributed by atoms with van der Waals surface area (Å²) >= 11 is 0. The van der Waals surface area contributed by atoms with Gasteiger partial charge < -0.3 is 10.1 Å². The van der Waals surface area contributed by atoms with Crippen molar-refractivity contribution in [2.75, 3.05) is 11.9 Å². The van der Waals surface area contributed by atoms with Crippen molar-refractivity contribution in [3.8, 4) is 0 Å². The minimum absolute atomic E-state index is 0.242. The molecule has 3 atom stereocenters. The van der Waals surface area contributed by atoms with E-state index in [2.05, 4.69) is 50.4 Å². The Morgan fingerprint density at radius 3 is 2.89 bits per heavy atom. The van der Waals surface area contributed by atoms with E-state index in [4.69, 9.17) is 4.74 Å². The number of anilines is 1. The van der Waals surface area contributed by atoms with Gasteiger partial charge in [0, 0.05) is 29.7 Å². The highest BCUT2D eigenvalue weighted by Crippen LogP contribution is 2.52. The third-order valence-electron chi connectivity index (χ3n) is 5.04. The van der Waals surface area contributed by atoms with Crippen LogP contribution in [0.25, 0.3) is 0 Å². The Kier molecular flexibility index (Phi) is 3.30. The van der Waals surface area contributed by atoms with E-state index in [9.17, 15) is 0 Å². The van der Waals surface area contributed by atoms with Crippen LogP contribution in [0.3, 0.4) is 0 Å². The van der Waals surface area contributed by atoms with E-state index in [1.807, 2.05) is 0 Å². The zero-order valence-corrected chi connectivity index (χ0v) is 12.3. The van der Waals surface area contributed by atoms with E-state index < -0.39 is 0 Å². The first-order valence-corrected chi connectivity index (χ1v) is 7.60. The summed E-state index contributed by atoms with van der Waals surface area (Å²) in [4.78, 5) is 0. The number of hydrogen-bond donors (Lipinski definition) is 1. The van der Waals surface area contributed by atoms with Crippen molar-refractivity contribution in [3.63, 3.8) is 0 Å². The molecule has 2 fully saturated rings. The highest BCUT2D eigenvalue weighted by atomic mass is 16.5. The number of rotatable bonds is 3. The van der Waals surface area contributed by atoms with Crippen molar-refractivity contribution in [1.29, 1.82) is 0 Å². The molecule has 104 valence electrons. The van der Waals surface area contributed by atoms with Crippen molar-refractivity contribution < 1.29 is 4.74 Å². The fraction of sp³-hybridized carbons (Fsp3) is 0.647. The first kappa shape index (κ1) is 13.0. The summed E-state index contributed by atoms with van der Waals surface area (Å²) in [7, 11) is 0. The van der Waals surface area contributed by atoms with Gasteiger partial charge in [-0.15, -0.1) is 0 Å². The van der Waals surface area contributed by atoms with Crippen LogP contribution in [-0.2, 0) is 11.2 Å². The van der Waals surface area contributed by atoms with Gasteiger partial charge in [0.25, 0.3) is 0 Å². The molecule has 0 radical (unpaired) electrons. The van der Waals surface area contributed by atoms with Gasteiger partial charge in [-0.25, -0.2) is 0 Å². The predicted molar refractivity (Wildman–Crippen MR) is 79.5 cm³/mol. The number of para-hydroxylation sites is 1. The molecule has 19 heavy (non-hydrogen) atoms. The van der Waals surface area contributed by atoms with Gasteiger partial charge in [0.15, 0.2) is 0 Å². The van der Waals surface area contributed by atoms with Crippen molar-refractivity contribution in [3.05, 3.63) is 29.8 Å². The van der Waals surface area contributed by atoms with E-state index in [1.165, 1.54) is 24.1 Å². The third-order valence-corrected chi connectivity index (χ3v) is 5.04. The van der Waals surface area contributed by atoms with E-state index >= 15 is 0 Å². The molecule has 0 bridgehead atoms. The zero-order valence-electron chi connectivity index (χ0n) is 12.3. The number of hydrogen-bond acceptors (Lipinski definition) is 2. The molecule has 1 saturated carbocycles. The molecular formula is C17H25NO. The zero-order chi connectivity index (χ0) is 13.5. The fourth-order valence-corrected chi connectivity index (χ4v) is 3.95. The van der Waals surface area contributed by atoms with Gasteiger partial charge in [-0.05, 0) is 30.9 Å². The third kappa shape index (κ3) is 2.06. The molecular weight excluding hydrogens is 234 g/mol. The predicted octanol–water partition coefficient (Wildman–Crippen LogP) is 3.86. The molecule has 2 nitrogen and oxygen atoms in total. The monoisotopic (exact) mass is 259 g/mol. The summed E-state index contributed by atoms with van der Waals surface area (Å²) in [5.74, 6) is 0.689. The molecule has 3 rings (SSSR count). The maximum atomic E-state index is 5.98. The molecule has 1 N–H and O–H groups in total. The van der Waals surface area contributed by atoms with Gasteiger partial charge in [-0.3, -0.25) is 0 Å². The van der Waals surface area contributed by atoms with Crippen molar-refractivity contribution in [2.24, 2.45) is 11.3 Å². The van der Waals surface area contributed by atoms with E-state index in [-0.39, 0.29) is 5.41 Å². The van der Waals surface area contributed by atoms with Crippen LogP contribution in [0.5, 0.6) is 0 Å². The summed E-state index contributed by atoms with van der Waals surface area (Å²) in [6.45, 7) is 7.85. The molecule has 1 aliphatic heterocycles. The SMILES string of the molecule is CCc1ccccc1NC1C2CCCOC2C1(C)C. The Hall–Kier alpha value is -1.02. The lowest BCUT2D eigenvalue weighted by atomic mass is 9.55. The molecule has 0 aromatic heterocycles. The topological polar surface area (TPSA) is 21.3 Å². The fourth-order valence-electron chi connectivity index (χ4n) is 3.95. The highest BCUT2D eigenvalue weighted by molar-refractivity contribution is 5.53. The Balaban J connectivity index is 1.79. The lowest BCUT2D eigenvalue weighted by Crippen LogP contribution is -2.67. The van der Waals surface area contributed by atoms with Gasteiger partial charge >= 0.3 is 0 Å². The quantitative estimate of drug-likeness (QED) is 0.890. The summed E-state index contributed by atoms with van der Waals surface area (Å²) in [6.07, 6.45) is 4.05. The molecule has 0 amide bonds. The minimum atomic E-state index is 0.242. The molecule has 1 aromatic carbocycles. The molecule has 1 aliphatic carbocycles. The molecule has 1 aromatic rings. The number of nitrogens with one attached hydrogen (secondary N) is 1. The average molecular weight is 259 g/mol. The molecule has 1 heterocycles. The smallest absolute Gasteiger partial charge is 0.0693 e. The molecule has 3 unspecified atom stereocenters. The summed E-state index contributed by atoms with van der Waals surface area (Å²) in [5, 5.41) is 3.81. The van der Waals surface area contributed by atoms with E-state index in [0.717, 1.165) is 13.0 Å². The lowest BCUT2D eigenvalue weighted by Gasteiger charge is -2.60. The Morgan fingerprint density at radius 2 is 2.11 bits per heavy atom. The summed E-state index contributed by atoms with van der Waals surface area (Å²) in [5.41, 5.74) is 2.97. The van der Waals surface area contributed by atoms with Gasteiger partial charge in [-0.2, -0.15) is 0 Å². The first-order chi connectivity index (χ1) is 9.14. The second-order valence-electron chi connectivity index (χ2n) is 6.55. The van der Waals surface area contributed by atoms with Gasteiger partial charge in [-0.1, -0.05) is 39.0 Å². The van der Waals surface area contributed by atoms with Crippen LogP contribution in [0.2, 0.25) is 0 Å². The average Bonchev–Trinajstić information content (AvgIpc) is 2.45. The maximum Gasteiger partial charge on any atom is 0.0693 e. The van der Waals surface area contributed by atoms with Crippen LogP contribution >= 0.6 is 0 Å². The van der Waals surface area contributed by atoms with Crippen LogP contribution in [0.1, 0.15) is 39.2 Å². The largest absolute Gasteiger partial charge is 0.381 e. The number of benzene rings is 1. The maximum absolute atomic E-state index is 5.98. The van der Waals surface area contributed by atoms with Crippen LogP contribution < -0.4 is 5.32 Å². The molecule has 2 aliphatic rings. The van der Waals surface area contributed by atoms with Crippen LogP contribution in [0.4, 0.5) is 5.69 Å². The lowest BCUT2D eigenvalue weighted by molar-refractivity contribution is -0.177. The van der Waals surface area contributed by atoms with E-state index in [0.29, 0.717) is 18.1 Å². The Morgan fingerprint density at radius 1 is 1.32 bits per heavy atom. The second kappa shape index (κ2) is 4.82. The van der Waals surface area contributed by atoms with Crippen LogP contribution in [-0.4, -0.2) is 18.8 Å². The minimum Gasteiger partial charge on any atom is -0.381 e. The van der Waals surface area contributed by atoms with Gasteiger partial charge in [0.05, 0.1) is 6.10 Å². The molecule has 1 saturated heterocycles. The van der Waals surface area contributed by atoms with Crippen LogP contribution in [0.15, 0.2) is 24.3 Å². The first-order valence-electron chi connectivity index (χ1n) is 7.60. The standard InChI is InChI=1S/C17H25NO/c1-4-12-8-5-6-10-14(12)18-15-13-9-7-11-19-16(13)17(15,2)3/h5-6,8,10,13,15-16,18H,4,7,9,11H2,1-3H3.